The number of ether oxygens (including phenoxy) is 3. The first-order valence-corrected chi connectivity index (χ1v) is 7.74. The van der Waals surface area contributed by atoms with E-state index in [-0.39, 0.29) is 5.56 Å². The number of rotatable bonds is 5. The standard InChI is InChI=1S/C17H15ClN2O5/c1-23-14-6-10(7-15-16(14)25-5-4-24-15)9-19-20-13-8-11(17(21)22)2-3-12(13)18/h2-3,6-9,20H,4-5H2,1H3,(H,21,22)/p-1/b19-9-. The highest BCUT2D eigenvalue weighted by atomic mass is 35.5. The van der Waals surface area contributed by atoms with Crippen LogP contribution >= 0.6 is 11.6 Å². The van der Waals surface area contributed by atoms with Crippen LogP contribution in [0.4, 0.5) is 5.69 Å². The van der Waals surface area contributed by atoms with Crippen LogP contribution in [-0.2, 0) is 0 Å². The lowest BCUT2D eigenvalue weighted by Gasteiger charge is -2.20. The van der Waals surface area contributed by atoms with Crippen LogP contribution in [0.2, 0.25) is 5.02 Å². The Morgan fingerprint density at radius 1 is 1.32 bits per heavy atom. The van der Waals surface area contributed by atoms with Gasteiger partial charge in [-0.2, -0.15) is 5.10 Å². The van der Waals surface area contributed by atoms with Gasteiger partial charge >= 0.3 is 0 Å². The van der Waals surface area contributed by atoms with Crippen LogP contribution in [0.25, 0.3) is 0 Å². The van der Waals surface area contributed by atoms with E-state index in [4.69, 9.17) is 25.8 Å². The van der Waals surface area contributed by atoms with Crippen molar-refractivity contribution in [2.75, 3.05) is 25.7 Å². The molecule has 2 aromatic carbocycles. The number of nitrogens with zero attached hydrogens (tertiary/aromatic N) is 1. The average molecular weight is 362 g/mol. The summed E-state index contributed by atoms with van der Waals surface area (Å²) in [5.41, 5.74) is 3.77. The van der Waals surface area contributed by atoms with Gasteiger partial charge in [-0.05, 0) is 29.8 Å². The van der Waals surface area contributed by atoms with Gasteiger partial charge in [0.05, 0.1) is 30.0 Å². The SMILES string of the molecule is COc1cc(/C=N\Nc2cc(C(=O)[O-])ccc2Cl)cc2c1OCCO2. The largest absolute Gasteiger partial charge is 0.545 e. The molecular formula is C17H14ClN2O5-. The second-order valence-corrected chi connectivity index (χ2v) is 5.51. The molecule has 1 aliphatic heterocycles. The first-order chi connectivity index (χ1) is 12.1. The highest BCUT2D eigenvalue weighted by molar-refractivity contribution is 6.33. The second kappa shape index (κ2) is 7.31. The van der Waals surface area contributed by atoms with Crippen molar-refractivity contribution >= 4 is 29.5 Å². The third-order valence-corrected chi connectivity index (χ3v) is 3.78. The van der Waals surface area contributed by atoms with E-state index in [0.29, 0.717) is 46.7 Å². The summed E-state index contributed by atoms with van der Waals surface area (Å²) in [5.74, 6) is 0.378. The molecule has 1 aliphatic rings. The zero-order chi connectivity index (χ0) is 17.8. The number of carbonyl (C=O) groups excluding carboxylic acids is 1. The van der Waals surface area contributed by atoms with Gasteiger partial charge in [-0.15, -0.1) is 0 Å². The maximum Gasteiger partial charge on any atom is 0.203 e. The number of halogens is 1. The normalized spacial score (nSPS) is 12.9. The molecule has 2 aromatic rings. The lowest BCUT2D eigenvalue weighted by Crippen LogP contribution is -2.22. The molecule has 0 radical (unpaired) electrons. The van der Waals surface area contributed by atoms with E-state index in [2.05, 4.69) is 10.5 Å². The molecule has 0 amide bonds. The molecule has 0 spiro atoms. The Labute approximate surface area is 148 Å². The van der Waals surface area contributed by atoms with Gasteiger partial charge in [0.2, 0.25) is 5.75 Å². The highest BCUT2D eigenvalue weighted by Crippen LogP contribution is 2.40. The number of hydrazone groups is 1. The van der Waals surface area contributed by atoms with Gasteiger partial charge in [0.25, 0.3) is 0 Å². The van der Waals surface area contributed by atoms with E-state index < -0.39 is 5.97 Å². The number of anilines is 1. The zero-order valence-electron chi connectivity index (χ0n) is 13.2. The van der Waals surface area contributed by atoms with Crippen molar-refractivity contribution in [1.29, 1.82) is 0 Å². The van der Waals surface area contributed by atoms with Crippen molar-refractivity contribution < 1.29 is 24.1 Å². The predicted octanol–water partition coefficient (Wildman–Crippen LogP) is 1.93. The number of carboxylic acids is 1. The summed E-state index contributed by atoms with van der Waals surface area (Å²) in [4.78, 5) is 10.9. The van der Waals surface area contributed by atoms with Crippen molar-refractivity contribution in [3.8, 4) is 17.2 Å². The fourth-order valence-corrected chi connectivity index (χ4v) is 2.44. The van der Waals surface area contributed by atoms with Crippen LogP contribution in [0.1, 0.15) is 15.9 Å². The van der Waals surface area contributed by atoms with Gasteiger partial charge in [-0.1, -0.05) is 17.7 Å². The van der Waals surface area contributed by atoms with Gasteiger partial charge < -0.3 is 24.1 Å². The molecule has 0 saturated carbocycles. The fraction of sp³-hybridized carbons (Fsp3) is 0.176. The number of fused-ring (bicyclic) bond motifs is 1. The topological polar surface area (TPSA) is 92.2 Å². The van der Waals surface area contributed by atoms with E-state index >= 15 is 0 Å². The smallest absolute Gasteiger partial charge is 0.203 e. The zero-order valence-corrected chi connectivity index (χ0v) is 14.0. The van der Waals surface area contributed by atoms with Gasteiger partial charge in [0.1, 0.15) is 13.2 Å². The Bertz CT molecular complexity index is 821. The van der Waals surface area contributed by atoms with Crippen molar-refractivity contribution in [2.45, 2.75) is 0 Å². The summed E-state index contributed by atoms with van der Waals surface area (Å²) in [6, 6.07) is 7.68. The summed E-state index contributed by atoms with van der Waals surface area (Å²) in [7, 11) is 1.54. The minimum absolute atomic E-state index is 0.00287. The van der Waals surface area contributed by atoms with Crippen molar-refractivity contribution in [2.24, 2.45) is 5.10 Å². The molecule has 3 rings (SSSR count). The highest BCUT2D eigenvalue weighted by Gasteiger charge is 2.17. The van der Waals surface area contributed by atoms with Crippen molar-refractivity contribution in [1.82, 2.24) is 0 Å². The first-order valence-electron chi connectivity index (χ1n) is 7.36. The summed E-state index contributed by atoms with van der Waals surface area (Å²) in [5, 5.41) is 15.3. The summed E-state index contributed by atoms with van der Waals surface area (Å²) < 4.78 is 16.4. The number of carbonyl (C=O) groups is 1. The summed E-state index contributed by atoms with van der Waals surface area (Å²) in [6.07, 6.45) is 1.53. The molecule has 0 atom stereocenters. The van der Waals surface area contributed by atoms with Crippen LogP contribution in [-0.4, -0.2) is 32.5 Å². The van der Waals surface area contributed by atoms with E-state index in [1.165, 1.54) is 31.5 Å². The van der Waals surface area contributed by atoms with Gasteiger partial charge in [0.15, 0.2) is 11.5 Å². The Kier molecular flexibility index (Phi) is 4.95. The summed E-state index contributed by atoms with van der Waals surface area (Å²) in [6.45, 7) is 0.923. The van der Waals surface area contributed by atoms with Crippen LogP contribution in [0.5, 0.6) is 17.2 Å². The van der Waals surface area contributed by atoms with E-state index in [0.717, 1.165) is 0 Å². The molecule has 0 aliphatic carbocycles. The molecule has 7 nitrogen and oxygen atoms in total. The molecule has 25 heavy (non-hydrogen) atoms. The Hall–Kier alpha value is -2.93. The number of hydrogen-bond donors (Lipinski definition) is 1. The molecule has 0 aromatic heterocycles. The quantitative estimate of drug-likeness (QED) is 0.646. The maximum absolute atomic E-state index is 10.9. The van der Waals surface area contributed by atoms with Crippen LogP contribution in [0.15, 0.2) is 35.4 Å². The van der Waals surface area contributed by atoms with Crippen molar-refractivity contribution in [3.63, 3.8) is 0 Å². The second-order valence-electron chi connectivity index (χ2n) is 5.10. The van der Waals surface area contributed by atoms with Gasteiger partial charge in [-0.3, -0.25) is 5.43 Å². The third-order valence-electron chi connectivity index (χ3n) is 3.45. The number of aromatic carboxylic acids is 1. The van der Waals surface area contributed by atoms with E-state index in [1.807, 2.05) is 0 Å². The molecule has 0 saturated heterocycles. The predicted molar refractivity (Wildman–Crippen MR) is 91.0 cm³/mol. The van der Waals surface area contributed by atoms with E-state index in [1.54, 1.807) is 12.1 Å². The lowest BCUT2D eigenvalue weighted by molar-refractivity contribution is -0.255. The van der Waals surface area contributed by atoms with Gasteiger partial charge in [-0.25, -0.2) is 0 Å². The number of carboxylic acid groups (broad SMARTS) is 1. The third kappa shape index (κ3) is 3.77. The molecular weight excluding hydrogens is 348 g/mol. The number of nitrogens with one attached hydrogen (secondary N) is 1. The molecule has 1 heterocycles. The maximum atomic E-state index is 10.9. The van der Waals surface area contributed by atoms with Crippen molar-refractivity contribution in [3.05, 3.63) is 46.5 Å². The van der Waals surface area contributed by atoms with Gasteiger partial charge in [0, 0.05) is 5.56 Å². The number of methoxy groups -OCH3 is 1. The Morgan fingerprint density at radius 3 is 2.88 bits per heavy atom. The molecule has 0 unspecified atom stereocenters. The van der Waals surface area contributed by atoms with Crippen LogP contribution < -0.4 is 24.7 Å². The van der Waals surface area contributed by atoms with Crippen LogP contribution in [0.3, 0.4) is 0 Å². The fourth-order valence-electron chi connectivity index (χ4n) is 2.28. The van der Waals surface area contributed by atoms with E-state index in [9.17, 15) is 9.90 Å². The Balaban J connectivity index is 1.81. The number of benzene rings is 2. The molecule has 8 heteroatoms. The minimum atomic E-state index is -1.29. The first kappa shape index (κ1) is 16.9. The molecule has 0 fully saturated rings. The molecule has 130 valence electrons. The average Bonchev–Trinajstić information content (AvgIpc) is 2.62. The lowest BCUT2D eigenvalue weighted by atomic mass is 10.2. The summed E-state index contributed by atoms with van der Waals surface area (Å²) >= 11 is 6.02. The molecule has 1 N–H and O–H groups in total. The Morgan fingerprint density at radius 2 is 2.12 bits per heavy atom. The minimum Gasteiger partial charge on any atom is -0.545 e. The van der Waals surface area contributed by atoms with Crippen LogP contribution in [0, 0.1) is 0 Å². The number of hydrogen-bond acceptors (Lipinski definition) is 7. The monoisotopic (exact) mass is 361 g/mol. The molecule has 0 bridgehead atoms.